The van der Waals surface area contributed by atoms with Crippen molar-refractivity contribution >= 4 is 11.8 Å². The second-order valence-electron chi connectivity index (χ2n) is 3.90. The lowest BCUT2D eigenvalue weighted by molar-refractivity contribution is -0.507. The molecule has 2 aliphatic heterocycles. The first kappa shape index (κ1) is 12.6. The average Bonchev–Trinajstić information content (AvgIpc) is 2.78. The van der Waals surface area contributed by atoms with Crippen molar-refractivity contribution in [3.63, 3.8) is 0 Å². The van der Waals surface area contributed by atoms with Crippen LogP contribution in [-0.4, -0.2) is 58.3 Å². The highest BCUT2D eigenvalue weighted by Crippen LogP contribution is 2.35. The van der Waals surface area contributed by atoms with Crippen LogP contribution in [0.4, 0.5) is 0 Å². The minimum absolute atomic E-state index is 0.00139. The molecule has 0 saturated carbocycles. The molecule has 0 amide bonds. The van der Waals surface area contributed by atoms with Crippen LogP contribution >= 0.6 is 11.8 Å². The lowest BCUT2D eigenvalue weighted by atomic mass is 10.1. The van der Waals surface area contributed by atoms with Gasteiger partial charge in [-0.2, -0.15) is 11.8 Å². The number of rotatable bonds is 5. The van der Waals surface area contributed by atoms with Gasteiger partial charge in [-0.1, -0.05) is 6.92 Å². The first-order valence-electron chi connectivity index (χ1n) is 5.42. The van der Waals surface area contributed by atoms with Crippen molar-refractivity contribution in [3.05, 3.63) is 0 Å². The Labute approximate surface area is 98.3 Å². The van der Waals surface area contributed by atoms with E-state index in [0.717, 1.165) is 12.2 Å². The van der Waals surface area contributed by atoms with Gasteiger partial charge in [-0.05, 0) is 12.2 Å². The molecule has 6 nitrogen and oxygen atoms in total. The fourth-order valence-corrected chi connectivity index (χ4v) is 3.19. The Morgan fingerprint density at radius 3 is 2.75 bits per heavy atom. The van der Waals surface area contributed by atoms with Crippen molar-refractivity contribution in [1.29, 1.82) is 0 Å². The van der Waals surface area contributed by atoms with E-state index < -0.39 is 6.10 Å². The number of ether oxygens (including phenoxy) is 2. The van der Waals surface area contributed by atoms with Gasteiger partial charge in [-0.15, -0.1) is 0 Å². The van der Waals surface area contributed by atoms with Crippen LogP contribution in [0, 0.1) is 0 Å². The molecule has 2 aliphatic rings. The minimum Gasteiger partial charge on any atom is -0.371 e. The zero-order chi connectivity index (χ0) is 11.5. The smallest absolute Gasteiger partial charge is 0.136 e. The lowest BCUT2D eigenvalue weighted by Crippen LogP contribution is -2.35. The molecule has 0 radical (unpaired) electrons. The molecule has 0 aromatic rings. The largest absolute Gasteiger partial charge is 0.371 e. The van der Waals surface area contributed by atoms with Gasteiger partial charge in [-0.25, -0.2) is 4.84 Å². The molecule has 2 rings (SSSR count). The summed E-state index contributed by atoms with van der Waals surface area (Å²) in [5.74, 6) is 1.08. The van der Waals surface area contributed by atoms with E-state index in [1.165, 1.54) is 0 Å². The van der Waals surface area contributed by atoms with Gasteiger partial charge in [0.25, 0.3) is 0 Å². The molecular formula is C9H17NO5S. The third kappa shape index (κ3) is 2.67. The zero-order valence-electron chi connectivity index (χ0n) is 9.11. The fraction of sp³-hybridized carbons (Fsp3) is 1.00. The molecule has 0 aromatic carbocycles. The number of hydrogen-bond acceptors (Lipinski definition) is 7. The minimum atomic E-state index is -0.438. The molecular weight excluding hydrogens is 234 g/mol. The second-order valence-corrected chi connectivity index (χ2v) is 5.25. The summed E-state index contributed by atoms with van der Waals surface area (Å²) in [4.78, 5) is 4.76. The van der Waals surface area contributed by atoms with Gasteiger partial charge in [0.15, 0.2) is 0 Å². The predicted molar refractivity (Wildman–Crippen MR) is 56.3 cm³/mol. The summed E-state index contributed by atoms with van der Waals surface area (Å²) in [6.45, 7) is 3.10. The summed E-state index contributed by atoms with van der Waals surface area (Å²) in [7, 11) is 0. The molecule has 0 aromatic heterocycles. The molecule has 2 fully saturated rings. The number of nitrogens with zero attached hydrogens (tertiary/aromatic N) is 1. The molecule has 2 heterocycles. The predicted octanol–water partition coefficient (Wildman–Crippen LogP) is 0.676. The van der Waals surface area contributed by atoms with Gasteiger partial charge in [0, 0.05) is 0 Å². The van der Waals surface area contributed by atoms with Gasteiger partial charge in [0.1, 0.15) is 18.3 Å². The molecule has 0 aliphatic carbocycles. The van der Waals surface area contributed by atoms with Crippen LogP contribution in [0.2, 0.25) is 0 Å². The van der Waals surface area contributed by atoms with Crippen molar-refractivity contribution in [2.45, 2.75) is 36.9 Å². The third-order valence-electron chi connectivity index (χ3n) is 2.73. The standard InChI is InChI=1S/C9H17NO5S/c1-2-3-16-7-5-14-8-6(15-10(11)12)4-13-9(7)8/h6-9,11-12H,2-5H2,1H3/t6-,7-,8-,9-/m1/s1. The lowest BCUT2D eigenvalue weighted by Gasteiger charge is -2.17. The summed E-state index contributed by atoms with van der Waals surface area (Å²) in [6.07, 6.45) is 0.490. The number of fused-ring (bicyclic) bond motifs is 1. The Kier molecular flexibility index (Phi) is 4.42. The first-order chi connectivity index (χ1) is 7.72. The zero-order valence-corrected chi connectivity index (χ0v) is 9.93. The Morgan fingerprint density at radius 2 is 2.06 bits per heavy atom. The quantitative estimate of drug-likeness (QED) is 0.696. The molecule has 4 atom stereocenters. The molecule has 0 bridgehead atoms. The molecule has 7 heteroatoms. The number of hydrogen-bond donors (Lipinski definition) is 2. The van der Waals surface area contributed by atoms with Crippen LogP contribution in [0.15, 0.2) is 0 Å². The summed E-state index contributed by atoms with van der Waals surface area (Å²) < 4.78 is 11.2. The maximum atomic E-state index is 8.59. The SMILES string of the molecule is CCCS[C@@H]1CO[C@H]2[C@@H]1OC[C@H]2ON(O)O. The molecule has 0 unspecified atom stereocenters. The third-order valence-corrected chi connectivity index (χ3v) is 4.20. The van der Waals surface area contributed by atoms with Crippen molar-refractivity contribution in [3.8, 4) is 0 Å². The molecule has 16 heavy (non-hydrogen) atoms. The van der Waals surface area contributed by atoms with E-state index in [0.29, 0.717) is 18.5 Å². The summed E-state index contributed by atoms with van der Waals surface area (Å²) in [6, 6.07) is 0. The second kappa shape index (κ2) is 5.63. The maximum Gasteiger partial charge on any atom is 0.136 e. The van der Waals surface area contributed by atoms with E-state index in [1.54, 1.807) is 0 Å². The van der Waals surface area contributed by atoms with Gasteiger partial charge < -0.3 is 9.47 Å². The van der Waals surface area contributed by atoms with Crippen LogP contribution in [0.5, 0.6) is 0 Å². The van der Waals surface area contributed by atoms with Crippen molar-refractivity contribution in [1.82, 2.24) is 5.39 Å². The summed E-state index contributed by atoms with van der Waals surface area (Å²) in [5, 5.41) is 17.2. The van der Waals surface area contributed by atoms with E-state index >= 15 is 0 Å². The highest BCUT2D eigenvalue weighted by molar-refractivity contribution is 8.00. The maximum absolute atomic E-state index is 8.59. The highest BCUT2D eigenvalue weighted by atomic mass is 32.2. The van der Waals surface area contributed by atoms with E-state index in [2.05, 4.69) is 6.92 Å². The molecule has 94 valence electrons. The van der Waals surface area contributed by atoms with E-state index in [1.807, 2.05) is 11.8 Å². The monoisotopic (exact) mass is 251 g/mol. The van der Waals surface area contributed by atoms with Crippen LogP contribution in [0.3, 0.4) is 0 Å². The number of thioether (sulfide) groups is 1. The summed E-state index contributed by atoms with van der Waals surface area (Å²) in [5.41, 5.74) is 0. The van der Waals surface area contributed by atoms with Gasteiger partial charge >= 0.3 is 0 Å². The van der Waals surface area contributed by atoms with E-state index in [4.69, 9.17) is 24.7 Å². The van der Waals surface area contributed by atoms with Crippen molar-refractivity contribution < 1.29 is 24.7 Å². The van der Waals surface area contributed by atoms with Crippen molar-refractivity contribution in [2.24, 2.45) is 0 Å². The Morgan fingerprint density at radius 1 is 1.31 bits per heavy atom. The van der Waals surface area contributed by atoms with Crippen LogP contribution in [0.1, 0.15) is 13.3 Å². The van der Waals surface area contributed by atoms with Gasteiger partial charge in [-0.3, -0.25) is 10.4 Å². The topological polar surface area (TPSA) is 71.4 Å². The van der Waals surface area contributed by atoms with E-state index in [-0.39, 0.29) is 17.6 Å². The van der Waals surface area contributed by atoms with E-state index in [9.17, 15) is 0 Å². The Balaban J connectivity index is 1.85. The Hall–Kier alpha value is 0.110. The van der Waals surface area contributed by atoms with Gasteiger partial charge in [0.05, 0.1) is 23.9 Å². The molecule has 0 spiro atoms. The van der Waals surface area contributed by atoms with Gasteiger partial charge in [0.2, 0.25) is 0 Å². The van der Waals surface area contributed by atoms with Crippen LogP contribution in [0.25, 0.3) is 0 Å². The first-order valence-corrected chi connectivity index (χ1v) is 6.46. The summed E-state index contributed by atoms with van der Waals surface area (Å²) >= 11 is 1.84. The molecule has 2 N–H and O–H groups in total. The fourth-order valence-electron chi connectivity index (χ4n) is 2.05. The molecule has 2 saturated heterocycles. The Bertz CT molecular complexity index is 230. The highest BCUT2D eigenvalue weighted by Gasteiger charge is 2.49. The van der Waals surface area contributed by atoms with Crippen molar-refractivity contribution in [2.75, 3.05) is 19.0 Å². The normalized spacial score (nSPS) is 38.2. The average molecular weight is 251 g/mol. The van der Waals surface area contributed by atoms with Crippen LogP contribution < -0.4 is 0 Å². The van der Waals surface area contributed by atoms with Crippen LogP contribution in [-0.2, 0) is 14.3 Å².